The molecule has 3 rings (SSSR count). The predicted molar refractivity (Wildman–Crippen MR) is 96.6 cm³/mol. The van der Waals surface area contributed by atoms with Crippen LogP contribution in [-0.2, 0) is 0 Å². The van der Waals surface area contributed by atoms with Crippen molar-refractivity contribution >= 4 is 47.9 Å². The number of benzene rings is 2. The largest absolute Gasteiger partial charge is 0.368 e. The van der Waals surface area contributed by atoms with Crippen molar-refractivity contribution < 1.29 is 0 Å². The molecule has 0 unspecified atom stereocenters. The topological polar surface area (TPSA) is 31.2 Å². The van der Waals surface area contributed by atoms with E-state index in [0.29, 0.717) is 10.0 Å². The highest BCUT2D eigenvalue weighted by atomic mass is 35.5. The van der Waals surface area contributed by atoms with Gasteiger partial charge in [0, 0.05) is 18.8 Å². The summed E-state index contributed by atoms with van der Waals surface area (Å²) in [5.74, 6) is 0. The first-order valence-electron chi connectivity index (χ1n) is 7.34. The smallest absolute Gasteiger partial charge is 0.113 e. The molecule has 1 fully saturated rings. The van der Waals surface area contributed by atoms with Crippen molar-refractivity contribution in [3.05, 3.63) is 52.5 Å². The molecule has 0 atom stereocenters. The molecule has 0 amide bonds. The standard InChI is InChI=1S/C16H15BCl2N4/c17-12-1-3-13(4-2-12)20-21-23-9-7-22(8-10-23)14-5-6-15(18)16(19)11-14/h1-6,11H,7-10H2. The molecule has 4 nitrogen and oxygen atoms in total. The predicted octanol–water partition coefficient (Wildman–Crippen LogP) is 3.61. The van der Waals surface area contributed by atoms with Crippen LogP contribution in [0.15, 0.2) is 52.8 Å². The summed E-state index contributed by atoms with van der Waals surface area (Å²) in [5.41, 5.74) is 2.60. The van der Waals surface area contributed by atoms with Crippen LogP contribution in [0.25, 0.3) is 0 Å². The minimum absolute atomic E-state index is 0.575. The number of hydrogen-bond acceptors (Lipinski definition) is 3. The van der Waals surface area contributed by atoms with Crippen molar-refractivity contribution in [3.63, 3.8) is 0 Å². The van der Waals surface area contributed by atoms with Gasteiger partial charge in [-0.3, -0.25) is 5.01 Å². The summed E-state index contributed by atoms with van der Waals surface area (Å²) in [6.45, 7) is 3.33. The van der Waals surface area contributed by atoms with Crippen LogP contribution >= 0.6 is 23.2 Å². The lowest BCUT2D eigenvalue weighted by molar-refractivity contribution is 0.254. The Balaban J connectivity index is 1.57. The summed E-state index contributed by atoms with van der Waals surface area (Å²) >= 11 is 12.0. The molecule has 0 saturated carbocycles. The number of anilines is 1. The molecule has 2 aromatic carbocycles. The fourth-order valence-electron chi connectivity index (χ4n) is 2.38. The van der Waals surface area contributed by atoms with Gasteiger partial charge >= 0.3 is 0 Å². The van der Waals surface area contributed by atoms with Crippen LogP contribution in [0.5, 0.6) is 0 Å². The van der Waals surface area contributed by atoms with Gasteiger partial charge in [0.1, 0.15) is 7.85 Å². The van der Waals surface area contributed by atoms with Crippen LogP contribution in [0.4, 0.5) is 11.4 Å². The van der Waals surface area contributed by atoms with E-state index in [-0.39, 0.29) is 0 Å². The monoisotopic (exact) mass is 344 g/mol. The third-order valence-corrected chi connectivity index (χ3v) is 4.44. The molecule has 116 valence electrons. The molecule has 2 radical (unpaired) electrons. The lowest BCUT2D eigenvalue weighted by Crippen LogP contribution is -2.43. The number of hydrogen-bond donors (Lipinski definition) is 0. The molecule has 1 heterocycles. The third kappa shape index (κ3) is 4.18. The molecule has 0 spiro atoms. The average Bonchev–Trinajstić information content (AvgIpc) is 2.57. The number of rotatable bonds is 3. The summed E-state index contributed by atoms with van der Waals surface area (Å²) in [6.07, 6.45) is 0. The maximum atomic E-state index is 6.08. The first-order chi connectivity index (χ1) is 11.1. The van der Waals surface area contributed by atoms with E-state index in [1.165, 1.54) is 0 Å². The second-order valence-electron chi connectivity index (χ2n) is 5.32. The lowest BCUT2D eigenvalue weighted by atomic mass is 9.96. The van der Waals surface area contributed by atoms with Crippen molar-refractivity contribution in [1.29, 1.82) is 0 Å². The van der Waals surface area contributed by atoms with E-state index in [0.717, 1.165) is 43.0 Å². The minimum atomic E-state index is 0.575. The summed E-state index contributed by atoms with van der Waals surface area (Å²) in [6, 6.07) is 13.0. The second kappa shape index (κ2) is 7.24. The SMILES string of the molecule is [B]c1ccc(N=NN2CCN(c3ccc(Cl)c(Cl)c3)CC2)cc1. The summed E-state index contributed by atoms with van der Waals surface area (Å²) < 4.78 is 0. The molecular formula is C16H15BCl2N4. The third-order valence-electron chi connectivity index (χ3n) is 3.70. The van der Waals surface area contributed by atoms with Gasteiger partial charge in [0.25, 0.3) is 0 Å². The zero-order valence-corrected chi connectivity index (χ0v) is 14.0. The normalized spacial score (nSPS) is 15.4. The Morgan fingerprint density at radius 3 is 2.22 bits per heavy atom. The Hall–Kier alpha value is -1.72. The molecule has 0 N–H and O–H groups in total. The van der Waals surface area contributed by atoms with E-state index < -0.39 is 0 Å². The lowest BCUT2D eigenvalue weighted by Gasteiger charge is -2.34. The van der Waals surface area contributed by atoms with E-state index in [1.54, 1.807) is 0 Å². The molecule has 0 bridgehead atoms. The second-order valence-corrected chi connectivity index (χ2v) is 6.13. The first-order valence-corrected chi connectivity index (χ1v) is 8.09. The number of halogens is 2. The zero-order valence-electron chi connectivity index (χ0n) is 12.5. The summed E-state index contributed by atoms with van der Waals surface area (Å²) in [5, 5.41) is 11.6. The van der Waals surface area contributed by atoms with Crippen LogP contribution < -0.4 is 10.4 Å². The maximum absolute atomic E-state index is 6.08. The van der Waals surface area contributed by atoms with Crippen molar-refractivity contribution in [2.24, 2.45) is 10.3 Å². The molecule has 1 saturated heterocycles. The maximum Gasteiger partial charge on any atom is 0.113 e. The zero-order chi connectivity index (χ0) is 16.2. The van der Waals surface area contributed by atoms with E-state index in [1.807, 2.05) is 47.5 Å². The molecule has 1 aliphatic rings. The minimum Gasteiger partial charge on any atom is -0.368 e. The van der Waals surface area contributed by atoms with Gasteiger partial charge in [-0.25, -0.2) is 0 Å². The summed E-state index contributed by atoms with van der Waals surface area (Å²) in [4.78, 5) is 2.26. The van der Waals surface area contributed by atoms with Gasteiger partial charge in [0.15, 0.2) is 0 Å². The van der Waals surface area contributed by atoms with Crippen LogP contribution in [0.2, 0.25) is 10.0 Å². The van der Waals surface area contributed by atoms with E-state index >= 15 is 0 Å². The van der Waals surface area contributed by atoms with Crippen LogP contribution in [0.1, 0.15) is 0 Å². The number of nitrogens with zero attached hydrogens (tertiary/aromatic N) is 4. The summed E-state index contributed by atoms with van der Waals surface area (Å²) in [7, 11) is 5.65. The molecule has 0 aromatic heterocycles. The quantitative estimate of drug-likeness (QED) is 0.629. The van der Waals surface area contributed by atoms with Crippen molar-refractivity contribution in [3.8, 4) is 0 Å². The van der Waals surface area contributed by atoms with Gasteiger partial charge in [-0.1, -0.05) is 46.0 Å². The highest BCUT2D eigenvalue weighted by Gasteiger charge is 2.16. The van der Waals surface area contributed by atoms with Gasteiger partial charge in [0.2, 0.25) is 0 Å². The molecule has 7 heteroatoms. The fourth-order valence-corrected chi connectivity index (χ4v) is 2.67. The van der Waals surface area contributed by atoms with Gasteiger partial charge < -0.3 is 4.90 Å². The number of piperazine rings is 1. The Morgan fingerprint density at radius 2 is 1.57 bits per heavy atom. The average molecular weight is 345 g/mol. The van der Waals surface area contributed by atoms with E-state index in [4.69, 9.17) is 31.0 Å². The molecule has 1 aliphatic heterocycles. The molecule has 2 aromatic rings. The van der Waals surface area contributed by atoms with Crippen molar-refractivity contribution in [1.82, 2.24) is 5.01 Å². The molecular weight excluding hydrogens is 330 g/mol. The Labute approximate surface area is 147 Å². The van der Waals surface area contributed by atoms with E-state index in [2.05, 4.69) is 15.2 Å². The van der Waals surface area contributed by atoms with Crippen LogP contribution in [-0.4, -0.2) is 39.0 Å². The van der Waals surface area contributed by atoms with Gasteiger partial charge in [-0.15, -0.1) is 5.11 Å². The van der Waals surface area contributed by atoms with Gasteiger partial charge in [0.05, 0.1) is 28.8 Å². The van der Waals surface area contributed by atoms with Gasteiger partial charge in [-0.05, 0) is 30.3 Å². The highest BCUT2D eigenvalue weighted by Crippen LogP contribution is 2.27. The molecule has 0 aliphatic carbocycles. The fraction of sp³-hybridized carbons (Fsp3) is 0.250. The van der Waals surface area contributed by atoms with Crippen LogP contribution in [0.3, 0.4) is 0 Å². The van der Waals surface area contributed by atoms with Crippen molar-refractivity contribution in [2.75, 3.05) is 31.1 Å². The Kier molecular flexibility index (Phi) is 5.08. The Morgan fingerprint density at radius 1 is 0.870 bits per heavy atom. The van der Waals surface area contributed by atoms with Crippen molar-refractivity contribution in [2.45, 2.75) is 0 Å². The highest BCUT2D eigenvalue weighted by molar-refractivity contribution is 6.42. The van der Waals surface area contributed by atoms with Gasteiger partial charge in [-0.2, -0.15) is 0 Å². The van der Waals surface area contributed by atoms with Crippen LogP contribution in [0, 0.1) is 0 Å². The van der Waals surface area contributed by atoms with E-state index in [9.17, 15) is 0 Å². The Bertz CT molecular complexity index is 698. The first kappa shape index (κ1) is 16.2. The molecule has 23 heavy (non-hydrogen) atoms.